The summed E-state index contributed by atoms with van der Waals surface area (Å²) in [7, 11) is 0. The van der Waals surface area contributed by atoms with Gasteiger partial charge in [0.15, 0.2) is 0 Å². The summed E-state index contributed by atoms with van der Waals surface area (Å²) < 4.78 is 0. The highest BCUT2D eigenvalue weighted by molar-refractivity contribution is 6.06. The van der Waals surface area contributed by atoms with Crippen molar-refractivity contribution >= 4 is 23.2 Å². The molecule has 19 heavy (non-hydrogen) atoms. The Balaban J connectivity index is 2.19. The second kappa shape index (κ2) is 4.84. The van der Waals surface area contributed by atoms with Crippen molar-refractivity contribution in [3.8, 4) is 0 Å². The molecule has 0 aliphatic carbocycles. The summed E-state index contributed by atoms with van der Waals surface area (Å²) in [5.41, 5.74) is 4.63. The van der Waals surface area contributed by atoms with Gasteiger partial charge in [-0.15, -0.1) is 0 Å². The normalized spacial score (nSPS) is 17.4. The molecular weight excluding hydrogens is 242 g/mol. The first-order valence-corrected chi connectivity index (χ1v) is 6.13. The lowest BCUT2D eigenvalue weighted by Gasteiger charge is -2.27. The second-order valence-electron chi connectivity index (χ2n) is 5.32. The van der Waals surface area contributed by atoms with Crippen molar-refractivity contribution in [1.82, 2.24) is 5.43 Å². The molecule has 0 unspecified atom stereocenters. The van der Waals surface area contributed by atoms with Crippen LogP contribution in [0.5, 0.6) is 0 Å². The SMILES string of the molecule is CC(=O)Nc1ccc(C2=NNC(=O)C(C)(C)C2)cc1. The Kier molecular flexibility index (Phi) is 3.38. The first kappa shape index (κ1) is 13.3. The van der Waals surface area contributed by atoms with Crippen molar-refractivity contribution in [2.24, 2.45) is 10.5 Å². The molecule has 0 saturated heterocycles. The van der Waals surface area contributed by atoms with Crippen LogP contribution in [0.4, 0.5) is 5.69 Å². The van der Waals surface area contributed by atoms with Gasteiger partial charge in [0.2, 0.25) is 11.8 Å². The van der Waals surface area contributed by atoms with E-state index in [-0.39, 0.29) is 11.8 Å². The molecule has 100 valence electrons. The maximum absolute atomic E-state index is 11.6. The molecule has 0 saturated carbocycles. The van der Waals surface area contributed by atoms with Gasteiger partial charge in [-0.1, -0.05) is 26.0 Å². The number of benzene rings is 1. The van der Waals surface area contributed by atoms with Crippen LogP contribution in [0.1, 0.15) is 32.8 Å². The zero-order valence-corrected chi connectivity index (χ0v) is 11.3. The third-order valence-electron chi connectivity index (χ3n) is 3.05. The van der Waals surface area contributed by atoms with Crippen LogP contribution in [0.2, 0.25) is 0 Å². The van der Waals surface area contributed by atoms with E-state index in [0.717, 1.165) is 17.0 Å². The average Bonchev–Trinajstić information content (AvgIpc) is 2.33. The van der Waals surface area contributed by atoms with Crippen LogP contribution in [0.15, 0.2) is 29.4 Å². The molecule has 1 heterocycles. The predicted molar refractivity (Wildman–Crippen MR) is 73.8 cm³/mol. The highest BCUT2D eigenvalue weighted by Gasteiger charge is 2.33. The van der Waals surface area contributed by atoms with Gasteiger partial charge in [0, 0.05) is 19.0 Å². The first-order valence-electron chi connectivity index (χ1n) is 6.13. The average molecular weight is 259 g/mol. The quantitative estimate of drug-likeness (QED) is 0.851. The molecule has 2 rings (SSSR count). The van der Waals surface area contributed by atoms with Crippen molar-refractivity contribution in [1.29, 1.82) is 0 Å². The maximum Gasteiger partial charge on any atom is 0.246 e. The van der Waals surface area contributed by atoms with Gasteiger partial charge in [0.25, 0.3) is 0 Å². The van der Waals surface area contributed by atoms with Crippen LogP contribution in [0.25, 0.3) is 0 Å². The number of hydrazone groups is 1. The lowest BCUT2D eigenvalue weighted by Crippen LogP contribution is -2.40. The highest BCUT2D eigenvalue weighted by Crippen LogP contribution is 2.26. The van der Waals surface area contributed by atoms with Gasteiger partial charge in [0.05, 0.1) is 11.1 Å². The monoisotopic (exact) mass is 259 g/mol. The number of hydrogen-bond donors (Lipinski definition) is 2. The Morgan fingerprint density at radius 3 is 2.47 bits per heavy atom. The summed E-state index contributed by atoms with van der Waals surface area (Å²) in [4.78, 5) is 22.5. The molecule has 1 aromatic carbocycles. The molecule has 1 aliphatic heterocycles. The smallest absolute Gasteiger partial charge is 0.246 e. The first-order chi connectivity index (χ1) is 8.88. The standard InChI is InChI=1S/C14H17N3O2/c1-9(18)15-11-6-4-10(5-7-11)12-8-14(2,3)13(19)17-16-12/h4-7H,8H2,1-3H3,(H,15,18)(H,17,19). The van der Waals surface area contributed by atoms with E-state index in [1.807, 2.05) is 38.1 Å². The van der Waals surface area contributed by atoms with Crippen molar-refractivity contribution in [2.45, 2.75) is 27.2 Å². The number of nitrogens with zero attached hydrogens (tertiary/aromatic N) is 1. The van der Waals surface area contributed by atoms with Crippen molar-refractivity contribution < 1.29 is 9.59 Å². The lowest BCUT2D eigenvalue weighted by molar-refractivity contribution is -0.129. The van der Waals surface area contributed by atoms with Crippen LogP contribution in [-0.4, -0.2) is 17.5 Å². The van der Waals surface area contributed by atoms with Gasteiger partial charge in [-0.05, 0) is 17.7 Å². The van der Waals surface area contributed by atoms with Crippen LogP contribution >= 0.6 is 0 Å². The van der Waals surface area contributed by atoms with Gasteiger partial charge in [0.1, 0.15) is 0 Å². The maximum atomic E-state index is 11.6. The summed E-state index contributed by atoms with van der Waals surface area (Å²) in [5.74, 6) is -0.165. The van der Waals surface area contributed by atoms with Gasteiger partial charge in [-0.25, -0.2) is 5.43 Å². The fourth-order valence-corrected chi connectivity index (χ4v) is 1.92. The molecule has 0 atom stereocenters. The van der Waals surface area contributed by atoms with Gasteiger partial charge >= 0.3 is 0 Å². The van der Waals surface area contributed by atoms with E-state index in [2.05, 4.69) is 15.8 Å². The van der Waals surface area contributed by atoms with Gasteiger partial charge < -0.3 is 5.32 Å². The highest BCUT2D eigenvalue weighted by atomic mass is 16.2. The summed E-state index contributed by atoms with van der Waals surface area (Å²) in [6.07, 6.45) is 0.596. The van der Waals surface area contributed by atoms with E-state index >= 15 is 0 Å². The largest absolute Gasteiger partial charge is 0.326 e. The number of carbonyl (C=O) groups excluding carboxylic acids is 2. The van der Waals surface area contributed by atoms with Crippen LogP contribution in [0, 0.1) is 5.41 Å². The Bertz CT molecular complexity index is 544. The minimum atomic E-state index is -0.451. The molecule has 1 aliphatic rings. The third-order valence-corrected chi connectivity index (χ3v) is 3.05. The lowest BCUT2D eigenvalue weighted by atomic mass is 9.83. The van der Waals surface area contributed by atoms with Crippen LogP contribution in [0.3, 0.4) is 0 Å². The van der Waals surface area contributed by atoms with Crippen LogP contribution in [-0.2, 0) is 9.59 Å². The fraction of sp³-hybridized carbons (Fsp3) is 0.357. The summed E-state index contributed by atoms with van der Waals surface area (Å²) >= 11 is 0. The zero-order chi connectivity index (χ0) is 14.0. The molecule has 0 bridgehead atoms. The Labute approximate surface area is 112 Å². The number of rotatable bonds is 2. The van der Waals surface area contributed by atoms with Gasteiger partial charge in [-0.3, -0.25) is 9.59 Å². The number of hydrogen-bond acceptors (Lipinski definition) is 3. The van der Waals surface area contributed by atoms with E-state index in [1.165, 1.54) is 6.92 Å². The van der Waals surface area contributed by atoms with E-state index in [0.29, 0.717) is 6.42 Å². The second-order valence-corrected chi connectivity index (χ2v) is 5.32. The summed E-state index contributed by atoms with van der Waals surface area (Å²) in [5, 5.41) is 6.81. The zero-order valence-electron chi connectivity index (χ0n) is 11.3. The molecule has 0 radical (unpaired) electrons. The predicted octanol–water partition coefficient (Wildman–Crippen LogP) is 1.90. The van der Waals surface area contributed by atoms with Crippen molar-refractivity contribution in [2.75, 3.05) is 5.32 Å². The van der Waals surface area contributed by atoms with E-state index in [1.54, 1.807) is 0 Å². The molecule has 5 nitrogen and oxygen atoms in total. The number of carbonyl (C=O) groups is 2. The number of anilines is 1. The molecule has 1 aromatic rings. The van der Waals surface area contributed by atoms with Gasteiger partial charge in [-0.2, -0.15) is 5.10 Å². The minimum absolute atomic E-state index is 0.0638. The molecular formula is C14H17N3O2. The molecule has 5 heteroatoms. The fourth-order valence-electron chi connectivity index (χ4n) is 1.92. The Hall–Kier alpha value is -2.17. The summed E-state index contributed by atoms with van der Waals surface area (Å²) in [6, 6.07) is 7.42. The van der Waals surface area contributed by atoms with Crippen molar-refractivity contribution in [3.63, 3.8) is 0 Å². The Morgan fingerprint density at radius 1 is 1.32 bits per heavy atom. The molecule has 0 aromatic heterocycles. The summed E-state index contributed by atoms with van der Waals surface area (Å²) in [6.45, 7) is 5.25. The molecule has 0 spiro atoms. The van der Waals surface area contributed by atoms with E-state index in [9.17, 15) is 9.59 Å². The van der Waals surface area contributed by atoms with E-state index in [4.69, 9.17) is 0 Å². The van der Waals surface area contributed by atoms with Crippen LogP contribution < -0.4 is 10.7 Å². The Morgan fingerprint density at radius 2 is 1.95 bits per heavy atom. The molecule has 0 fully saturated rings. The molecule has 2 N–H and O–H groups in total. The topological polar surface area (TPSA) is 70.6 Å². The third kappa shape index (κ3) is 2.99. The van der Waals surface area contributed by atoms with E-state index < -0.39 is 5.41 Å². The van der Waals surface area contributed by atoms with Crippen molar-refractivity contribution in [3.05, 3.63) is 29.8 Å². The number of nitrogens with one attached hydrogen (secondary N) is 2. The minimum Gasteiger partial charge on any atom is -0.326 e. The molecule has 2 amide bonds. The number of amides is 2.